The van der Waals surface area contributed by atoms with Crippen LogP contribution in [0.15, 0.2) is 29.2 Å². The molecule has 1 aromatic carbocycles. The van der Waals surface area contributed by atoms with Crippen LogP contribution in [0.5, 0.6) is 0 Å². The van der Waals surface area contributed by atoms with Crippen molar-refractivity contribution in [3.05, 3.63) is 29.8 Å². The van der Waals surface area contributed by atoms with Gasteiger partial charge in [0.1, 0.15) is 6.61 Å². The Morgan fingerprint density at radius 3 is 2.57 bits per heavy atom. The molecule has 0 spiro atoms. The fourth-order valence-electron chi connectivity index (χ4n) is 1.39. The van der Waals surface area contributed by atoms with Crippen LogP contribution < -0.4 is 5.32 Å². The van der Waals surface area contributed by atoms with E-state index in [0.29, 0.717) is 0 Å². The maximum Gasteiger partial charge on any atom is 0.411 e. The van der Waals surface area contributed by atoms with Crippen LogP contribution in [-0.4, -0.2) is 46.5 Å². The molecule has 1 N–H and O–H groups in total. The van der Waals surface area contributed by atoms with Crippen LogP contribution in [0.3, 0.4) is 0 Å². The number of hydrogen-bond acceptors (Lipinski definition) is 4. The van der Waals surface area contributed by atoms with Crippen LogP contribution in [0.1, 0.15) is 10.4 Å². The lowest BCUT2D eigenvalue weighted by atomic mass is 10.2. The van der Waals surface area contributed by atoms with Gasteiger partial charge in [-0.15, -0.1) is 0 Å². The number of nitrogens with one attached hydrogen (secondary N) is 1. The van der Waals surface area contributed by atoms with Crippen molar-refractivity contribution in [2.45, 2.75) is 11.1 Å². The van der Waals surface area contributed by atoms with E-state index in [4.69, 9.17) is 0 Å². The van der Waals surface area contributed by atoms with Crippen LogP contribution in [0.2, 0.25) is 0 Å². The van der Waals surface area contributed by atoms with E-state index in [1.807, 2.05) is 0 Å². The van der Waals surface area contributed by atoms with Gasteiger partial charge in [0.25, 0.3) is 5.91 Å². The summed E-state index contributed by atoms with van der Waals surface area (Å²) in [4.78, 5) is 11.7. The highest BCUT2D eigenvalue weighted by Gasteiger charge is 2.27. The summed E-state index contributed by atoms with van der Waals surface area (Å²) >= 11 is 0. The van der Waals surface area contributed by atoms with Crippen molar-refractivity contribution < 1.29 is 31.1 Å². The van der Waals surface area contributed by atoms with Gasteiger partial charge in [0.2, 0.25) is 0 Å². The number of halogens is 3. The summed E-state index contributed by atoms with van der Waals surface area (Å²) in [5, 5.41) is 2.34. The van der Waals surface area contributed by atoms with Gasteiger partial charge < -0.3 is 10.1 Å². The van der Waals surface area contributed by atoms with E-state index in [2.05, 4.69) is 10.1 Å². The second-order valence-electron chi connectivity index (χ2n) is 4.22. The van der Waals surface area contributed by atoms with Gasteiger partial charge in [0.15, 0.2) is 9.84 Å². The van der Waals surface area contributed by atoms with Gasteiger partial charge in [-0.05, 0) is 18.2 Å². The van der Waals surface area contributed by atoms with Crippen LogP contribution in [0.4, 0.5) is 13.2 Å². The summed E-state index contributed by atoms with van der Waals surface area (Å²) in [5.41, 5.74) is 0.105. The summed E-state index contributed by atoms with van der Waals surface area (Å²) in [7, 11) is -3.43. The molecule has 21 heavy (non-hydrogen) atoms. The average molecular weight is 325 g/mol. The summed E-state index contributed by atoms with van der Waals surface area (Å²) in [6.07, 6.45) is -3.40. The molecule has 0 fully saturated rings. The SMILES string of the molecule is CS(=O)(=O)c1cccc(C(=O)NCCOCC(F)(F)F)c1. The molecule has 0 radical (unpaired) electrons. The normalized spacial score (nSPS) is 12.2. The Hall–Kier alpha value is -1.61. The van der Waals surface area contributed by atoms with Gasteiger partial charge in [-0.1, -0.05) is 6.07 Å². The molecule has 0 saturated carbocycles. The largest absolute Gasteiger partial charge is 0.411 e. The average Bonchev–Trinajstić information content (AvgIpc) is 2.36. The third kappa shape index (κ3) is 6.58. The standard InChI is InChI=1S/C12H14F3NO4S/c1-21(18,19)10-4-2-3-9(7-10)11(17)16-5-6-20-8-12(13,14)15/h2-4,7H,5-6,8H2,1H3,(H,16,17). The highest BCUT2D eigenvalue weighted by molar-refractivity contribution is 7.90. The molecule has 1 rings (SSSR count). The quantitative estimate of drug-likeness (QED) is 0.803. The van der Waals surface area contributed by atoms with Gasteiger partial charge in [-0.2, -0.15) is 13.2 Å². The first-order chi connectivity index (χ1) is 9.59. The first kappa shape index (κ1) is 17.4. The zero-order chi connectivity index (χ0) is 16.1. The minimum Gasteiger partial charge on any atom is -0.370 e. The molecular formula is C12H14F3NO4S. The van der Waals surface area contributed by atoms with Crippen molar-refractivity contribution in [1.29, 1.82) is 0 Å². The van der Waals surface area contributed by atoms with E-state index >= 15 is 0 Å². The zero-order valence-corrected chi connectivity index (χ0v) is 11.9. The summed E-state index contributed by atoms with van der Waals surface area (Å²) in [5.74, 6) is -0.587. The number of carbonyl (C=O) groups is 1. The maximum absolute atomic E-state index is 11.8. The van der Waals surface area contributed by atoms with E-state index in [9.17, 15) is 26.4 Å². The molecule has 1 aromatic rings. The third-order valence-corrected chi connectivity index (χ3v) is 3.43. The predicted octanol–water partition coefficient (Wildman–Crippen LogP) is 1.40. The van der Waals surface area contributed by atoms with Crippen molar-refractivity contribution in [1.82, 2.24) is 5.32 Å². The Bertz CT molecular complexity index is 599. The molecule has 0 aliphatic heterocycles. The smallest absolute Gasteiger partial charge is 0.370 e. The molecule has 0 atom stereocenters. The van der Waals surface area contributed by atoms with E-state index in [1.54, 1.807) is 0 Å². The first-order valence-electron chi connectivity index (χ1n) is 5.82. The van der Waals surface area contributed by atoms with Crippen LogP contribution >= 0.6 is 0 Å². The fourth-order valence-corrected chi connectivity index (χ4v) is 2.06. The third-order valence-electron chi connectivity index (χ3n) is 2.32. The first-order valence-corrected chi connectivity index (χ1v) is 7.71. The molecule has 0 aromatic heterocycles. The Morgan fingerprint density at radius 1 is 1.33 bits per heavy atom. The highest BCUT2D eigenvalue weighted by atomic mass is 32.2. The lowest BCUT2D eigenvalue weighted by molar-refractivity contribution is -0.173. The van der Waals surface area contributed by atoms with E-state index < -0.39 is 28.5 Å². The molecule has 0 aliphatic carbocycles. The molecule has 118 valence electrons. The second-order valence-corrected chi connectivity index (χ2v) is 6.24. The fraction of sp³-hybridized carbons (Fsp3) is 0.417. The van der Waals surface area contributed by atoms with Crippen molar-refractivity contribution in [2.24, 2.45) is 0 Å². The predicted molar refractivity (Wildman–Crippen MR) is 68.8 cm³/mol. The van der Waals surface area contributed by atoms with Crippen LogP contribution in [-0.2, 0) is 14.6 Å². The zero-order valence-electron chi connectivity index (χ0n) is 11.1. The highest BCUT2D eigenvalue weighted by Crippen LogP contribution is 2.14. The minimum absolute atomic E-state index is 0.0107. The molecular weight excluding hydrogens is 311 g/mol. The van der Waals surface area contributed by atoms with E-state index in [1.165, 1.54) is 24.3 Å². The summed E-state index contributed by atoms with van der Waals surface area (Å²) < 4.78 is 62.4. The van der Waals surface area contributed by atoms with Crippen molar-refractivity contribution in [2.75, 3.05) is 26.0 Å². The molecule has 0 bridgehead atoms. The number of sulfone groups is 1. The molecule has 0 saturated heterocycles. The second kappa shape index (κ2) is 6.90. The van der Waals surface area contributed by atoms with Gasteiger partial charge in [0.05, 0.1) is 11.5 Å². The van der Waals surface area contributed by atoms with E-state index in [-0.39, 0.29) is 23.6 Å². The molecule has 1 amide bonds. The van der Waals surface area contributed by atoms with Crippen molar-refractivity contribution >= 4 is 15.7 Å². The maximum atomic E-state index is 11.8. The molecule has 5 nitrogen and oxygen atoms in total. The van der Waals surface area contributed by atoms with Gasteiger partial charge in [-0.25, -0.2) is 8.42 Å². The number of carbonyl (C=O) groups excluding carboxylic acids is 1. The summed E-state index contributed by atoms with van der Waals surface area (Å²) in [6.45, 7) is -1.79. The number of hydrogen-bond donors (Lipinski definition) is 1. The molecule has 0 aliphatic rings. The minimum atomic E-state index is -4.41. The topological polar surface area (TPSA) is 72.5 Å². The van der Waals surface area contributed by atoms with Gasteiger partial charge in [-0.3, -0.25) is 4.79 Å². The number of benzene rings is 1. The number of rotatable bonds is 6. The number of ether oxygens (including phenoxy) is 1. The van der Waals surface area contributed by atoms with Crippen LogP contribution in [0.25, 0.3) is 0 Å². The number of amides is 1. The Labute approximate surface area is 120 Å². The van der Waals surface area contributed by atoms with Crippen LogP contribution in [0, 0.1) is 0 Å². The Kier molecular flexibility index (Phi) is 5.73. The molecule has 0 heterocycles. The Balaban J connectivity index is 2.50. The van der Waals surface area contributed by atoms with Crippen molar-refractivity contribution in [3.63, 3.8) is 0 Å². The molecule has 9 heteroatoms. The van der Waals surface area contributed by atoms with E-state index in [0.717, 1.165) is 6.26 Å². The monoisotopic (exact) mass is 325 g/mol. The van der Waals surface area contributed by atoms with Crippen molar-refractivity contribution in [3.8, 4) is 0 Å². The summed E-state index contributed by atoms with van der Waals surface area (Å²) in [6, 6.07) is 5.35. The van der Waals surface area contributed by atoms with Gasteiger partial charge >= 0.3 is 6.18 Å². The molecule has 0 unspecified atom stereocenters. The Morgan fingerprint density at radius 2 is 2.00 bits per heavy atom. The van der Waals surface area contributed by atoms with Gasteiger partial charge in [0, 0.05) is 18.4 Å². The number of alkyl halides is 3. The lowest BCUT2D eigenvalue weighted by Crippen LogP contribution is -2.29. The lowest BCUT2D eigenvalue weighted by Gasteiger charge is -2.09.